The lowest BCUT2D eigenvalue weighted by atomic mass is 10.1. The number of Topliss-reactive ketones (excluding diaryl/α,β-unsaturated/α-hetero) is 1. The SMILES string of the molecule is C=C1C=C(CCC(=O)NCCCCCCC(C)=O)NC1. The van der Waals surface area contributed by atoms with E-state index >= 15 is 0 Å². The zero-order chi connectivity index (χ0) is 14.8. The minimum absolute atomic E-state index is 0.106. The van der Waals surface area contributed by atoms with Crippen molar-refractivity contribution in [2.45, 2.75) is 51.9 Å². The van der Waals surface area contributed by atoms with Crippen LogP contribution in [0.3, 0.4) is 0 Å². The zero-order valence-corrected chi connectivity index (χ0v) is 12.5. The number of nitrogens with one attached hydrogen (secondary N) is 2. The van der Waals surface area contributed by atoms with Gasteiger partial charge in [-0.3, -0.25) is 4.79 Å². The Morgan fingerprint density at radius 3 is 2.65 bits per heavy atom. The lowest BCUT2D eigenvalue weighted by Gasteiger charge is -2.06. The average Bonchev–Trinajstić information content (AvgIpc) is 2.81. The van der Waals surface area contributed by atoms with Gasteiger partial charge in [0.15, 0.2) is 0 Å². The van der Waals surface area contributed by atoms with Crippen LogP contribution in [0, 0.1) is 0 Å². The van der Waals surface area contributed by atoms with Crippen molar-refractivity contribution < 1.29 is 9.59 Å². The number of amides is 1. The smallest absolute Gasteiger partial charge is 0.220 e. The fourth-order valence-corrected chi connectivity index (χ4v) is 2.15. The monoisotopic (exact) mass is 278 g/mol. The van der Waals surface area contributed by atoms with Crippen molar-refractivity contribution in [3.8, 4) is 0 Å². The van der Waals surface area contributed by atoms with Gasteiger partial charge in [-0.15, -0.1) is 0 Å². The Morgan fingerprint density at radius 2 is 2.00 bits per heavy atom. The molecule has 0 spiro atoms. The number of rotatable bonds is 10. The molecule has 1 amide bonds. The lowest BCUT2D eigenvalue weighted by molar-refractivity contribution is -0.121. The van der Waals surface area contributed by atoms with Crippen LogP contribution in [0.4, 0.5) is 0 Å². The number of hydrogen-bond acceptors (Lipinski definition) is 3. The van der Waals surface area contributed by atoms with E-state index in [9.17, 15) is 9.59 Å². The fourth-order valence-electron chi connectivity index (χ4n) is 2.15. The summed E-state index contributed by atoms with van der Waals surface area (Å²) in [4.78, 5) is 22.4. The van der Waals surface area contributed by atoms with Crippen molar-refractivity contribution in [1.29, 1.82) is 0 Å². The van der Waals surface area contributed by atoms with E-state index in [1.807, 2.05) is 6.08 Å². The van der Waals surface area contributed by atoms with Crippen LogP contribution in [0.2, 0.25) is 0 Å². The number of unbranched alkanes of at least 4 members (excludes halogenated alkanes) is 3. The summed E-state index contributed by atoms with van der Waals surface area (Å²) >= 11 is 0. The molecule has 0 bridgehead atoms. The second-order valence-corrected chi connectivity index (χ2v) is 5.40. The van der Waals surface area contributed by atoms with Gasteiger partial charge in [-0.1, -0.05) is 19.4 Å². The van der Waals surface area contributed by atoms with Crippen molar-refractivity contribution in [2.75, 3.05) is 13.1 Å². The van der Waals surface area contributed by atoms with E-state index in [4.69, 9.17) is 0 Å². The van der Waals surface area contributed by atoms with Crippen molar-refractivity contribution >= 4 is 11.7 Å². The topological polar surface area (TPSA) is 58.2 Å². The van der Waals surface area contributed by atoms with Crippen molar-refractivity contribution in [1.82, 2.24) is 10.6 Å². The summed E-state index contributed by atoms with van der Waals surface area (Å²) in [6.45, 7) is 7.03. The number of hydrogen-bond donors (Lipinski definition) is 2. The maximum Gasteiger partial charge on any atom is 0.220 e. The average molecular weight is 278 g/mol. The second-order valence-electron chi connectivity index (χ2n) is 5.40. The highest BCUT2D eigenvalue weighted by Gasteiger charge is 2.08. The van der Waals surface area contributed by atoms with Gasteiger partial charge in [0.05, 0.1) is 0 Å². The van der Waals surface area contributed by atoms with Gasteiger partial charge in [0.25, 0.3) is 0 Å². The largest absolute Gasteiger partial charge is 0.384 e. The maximum atomic E-state index is 11.6. The number of ketones is 1. The summed E-state index contributed by atoms with van der Waals surface area (Å²) in [5, 5.41) is 6.15. The van der Waals surface area contributed by atoms with Gasteiger partial charge in [-0.05, 0) is 37.8 Å². The van der Waals surface area contributed by atoms with Crippen LogP contribution in [0.15, 0.2) is 23.9 Å². The van der Waals surface area contributed by atoms with E-state index in [-0.39, 0.29) is 11.7 Å². The first-order chi connectivity index (χ1) is 9.58. The molecule has 0 atom stereocenters. The Labute approximate surface area is 121 Å². The molecule has 0 unspecified atom stereocenters. The molecule has 1 aliphatic heterocycles. The molecule has 1 aliphatic rings. The van der Waals surface area contributed by atoms with E-state index in [1.54, 1.807) is 6.92 Å². The predicted molar refractivity (Wildman–Crippen MR) is 81.2 cm³/mol. The molecular formula is C16H26N2O2. The standard InChI is InChI=1S/C16H26N2O2/c1-13-11-15(18-12-13)8-9-16(20)17-10-6-4-3-5-7-14(2)19/h11,18H,1,3-10,12H2,2H3,(H,17,20). The van der Waals surface area contributed by atoms with E-state index in [1.165, 1.54) is 0 Å². The highest BCUT2D eigenvalue weighted by molar-refractivity contribution is 5.76. The summed E-state index contributed by atoms with van der Waals surface area (Å²) in [6, 6.07) is 0. The Kier molecular flexibility index (Phi) is 7.70. The molecule has 1 heterocycles. The molecule has 0 aromatic rings. The van der Waals surface area contributed by atoms with Crippen LogP contribution in [0.1, 0.15) is 51.9 Å². The highest BCUT2D eigenvalue weighted by Crippen LogP contribution is 2.11. The predicted octanol–water partition coefficient (Wildman–Crippen LogP) is 2.47. The third kappa shape index (κ3) is 7.77. The summed E-state index contributed by atoms with van der Waals surface area (Å²) in [7, 11) is 0. The first kappa shape index (κ1) is 16.5. The van der Waals surface area contributed by atoms with Gasteiger partial charge in [0.2, 0.25) is 5.91 Å². The maximum absolute atomic E-state index is 11.6. The zero-order valence-electron chi connectivity index (χ0n) is 12.5. The van der Waals surface area contributed by atoms with Gasteiger partial charge < -0.3 is 15.4 Å². The Morgan fingerprint density at radius 1 is 1.25 bits per heavy atom. The van der Waals surface area contributed by atoms with Crippen molar-refractivity contribution in [3.05, 3.63) is 23.9 Å². The Hall–Kier alpha value is -1.58. The number of carbonyl (C=O) groups excluding carboxylic acids is 2. The van der Waals surface area contributed by atoms with E-state index < -0.39 is 0 Å². The van der Waals surface area contributed by atoms with Crippen LogP contribution in [0.25, 0.3) is 0 Å². The minimum Gasteiger partial charge on any atom is -0.384 e. The molecule has 0 aromatic heterocycles. The number of allylic oxidation sites excluding steroid dienone is 1. The summed E-state index contributed by atoms with van der Waals surface area (Å²) in [6.07, 6.45) is 8.06. The molecule has 0 saturated heterocycles. The number of carbonyl (C=O) groups is 2. The fraction of sp³-hybridized carbons (Fsp3) is 0.625. The Bertz CT molecular complexity index is 386. The molecule has 0 radical (unpaired) electrons. The molecule has 2 N–H and O–H groups in total. The van der Waals surface area contributed by atoms with Crippen LogP contribution in [-0.4, -0.2) is 24.8 Å². The molecule has 0 aromatic carbocycles. The van der Waals surface area contributed by atoms with Crippen LogP contribution >= 0.6 is 0 Å². The van der Waals surface area contributed by atoms with Crippen molar-refractivity contribution in [3.63, 3.8) is 0 Å². The first-order valence-corrected chi connectivity index (χ1v) is 7.46. The van der Waals surface area contributed by atoms with Crippen LogP contribution < -0.4 is 10.6 Å². The quantitative estimate of drug-likeness (QED) is 0.604. The third-order valence-corrected chi connectivity index (χ3v) is 3.32. The van der Waals surface area contributed by atoms with Gasteiger partial charge in [-0.25, -0.2) is 0 Å². The molecule has 0 fully saturated rings. The molecule has 112 valence electrons. The summed E-state index contributed by atoms with van der Waals surface area (Å²) in [5.41, 5.74) is 2.18. The third-order valence-electron chi connectivity index (χ3n) is 3.32. The van der Waals surface area contributed by atoms with Gasteiger partial charge >= 0.3 is 0 Å². The van der Waals surface area contributed by atoms with Crippen molar-refractivity contribution in [2.24, 2.45) is 0 Å². The summed E-state index contributed by atoms with van der Waals surface area (Å²) in [5.74, 6) is 0.366. The molecular weight excluding hydrogens is 252 g/mol. The van der Waals surface area contributed by atoms with Gasteiger partial charge in [0.1, 0.15) is 5.78 Å². The van der Waals surface area contributed by atoms with E-state index in [0.29, 0.717) is 12.8 Å². The Balaban J connectivity index is 1.94. The molecule has 0 aliphatic carbocycles. The van der Waals surface area contributed by atoms with E-state index in [0.717, 1.165) is 56.5 Å². The van der Waals surface area contributed by atoms with Crippen LogP contribution in [0.5, 0.6) is 0 Å². The molecule has 4 nitrogen and oxygen atoms in total. The normalized spacial score (nSPS) is 13.8. The highest BCUT2D eigenvalue weighted by atomic mass is 16.1. The lowest BCUT2D eigenvalue weighted by Crippen LogP contribution is -2.24. The molecule has 4 heteroatoms. The first-order valence-electron chi connectivity index (χ1n) is 7.46. The van der Waals surface area contributed by atoms with Crippen LogP contribution in [-0.2, 0) is 9.59 Å². The van der Waals surface area contributed by atoms with Gasteiger partial charge in [-0.2, -0.15) is 0 Å². The summed E-state index contributed by atoms with van der Waals surface area (Å²) < 4.78 is 0. The minimum atomic E-state index is 0.106. The molecule has 1 rings (SSSR count). The molecule has 20 heavy (non-hydrogen) atoms. The molecule has 0 saturated carbocycles. The van der Waals surface area contributed by atoms with Gasteiger partial charge in [0, 0.05) is 31.6 Å². The van der Waals surface area contributed by atoms with E-state index in [2.05, 4.69) is 17.2 Å². The second kappa shape index (κ2) is 9.34.